The predicted molar refractivity (Wildman–Crippen MR) is 187 cm³/mol. The molecule has 2 saturated heterocycles. The van der Waals surface area contributed by atoms with Gasteiger partial charge in [0.2, 0.25) is 5.91 Å². The Labute approximate surface area is 292 Å². The average Bonchev–Trinajstić information content (AvgIpc) is 3.64. The van der Waals surface area contributed by atoms with E-state index in [1.807, 2.05) is 35.2 Å². The van der Waals surface area contributed by atoms with Gasteiger partial charge in [0.15, 0.2) is 5.82 Å². The van der Waals surface area contributed by atoms with Gasteiger partial charge in [-0.3, -0.25) is 14.2 Å². The summed E-state index contributed by atoms with van der Waals surface area (Å²) in [6.45, 7) is 8.00. The Morgan fingerprint density at radius 1 is 0.880 bits per heavy atom. The van der Waals surface area contributed by atoms with Crippen molar-refractivity contribution in [1.29, 1.82) is 0 Å². The van der Waals surface area contributed by atoms with Crippen LogP contribution in [0.1, 0.15) is 49.3 Å². The van der Waals surface area contributed by atoms with Gasteiger partial charge < -0.3 is 38.5 Å². The van der Waals surface area contributed by atoms with Crippen LogP contribution in [0.5, 0.6) is 0 Å². The molecule has 3 aromatic rings. The molecule has 0 saturated carbocycles. The fourth-order valence-electron chi connectivity index (χ4n) is 5.96. The van der Waals surface area contributed by atoms with Crippen molar-refractivity contribution in [3.8, 4) is 11.4 Å². The van der Waals surface area contributed by atoms with Crippen molar-refractivity contribution < 1.29 is 37.5 Å². The van der Waals surface area contributed by atoms with Gasteiger partial charge in [-0.2, -0.15) is 0 Å². The van der Waals surface area contributed by atoms with Gasteiger partial charge in [0.05, 0.1) is 31.2 Å². The molecule has 50 heavy (non-hydrogen) atoms. The van der Waals surface area contributed by atoms with Crippen molar-refractivity contribution in [2.24, 2.45) is 0 Å². The number of ether oxygens (including phenoxy) is 2. The first-order chi connectivity index (χ1) is 24.2. The third kappa shape index (κ3) is 8.67. The van der Waals surface area contributed by atoms with E-state index in [4.69, 9.17) is 23.5 Å². The van der Waals surface area contributed by atoms with E-state index in [0.29, 0.717) is 30.3 Å². The van der Waals surface area contributed by atoms with Gasteiger partial charge in [0.1, 0.15) is 17.6 Å². The fraction of sp³-hybridized carbons (Fsp3) is 0.457. The maximum absolute atomic E-state index is 14.3. The van der Waals surface area contributed by atoms with E-state index in [2.05, 4.69) is 10.3 Å². The summed E-state index contributed by atoms with van der Waals surface area (Å²) in [4.78, 5) is 55.4. The van der Waals surface area contributed by atoms with Crippen molar-refractivity contribution in [3.05, 3.63) is 71.9 Å². The molecule has 2 atom stereocenters. The van der Waals surface area contributed by atoms with E-state index < -0.39 is 31.5 Å². The highest BCUT2D eigenvalue weighted by Crippen LogP contribution is 2.47. The lowest BCUT2D eigenvalue weighted by Gasteiger charge is -2.36. The number of rotatable bonds is 13. The number of nitrogens with one attached hydrogen (secondary N) is 1. The standard InChI is InChI=1S/C35H45N6O8P/c1-5-47-35(44)40-20-18-39(19-21-40)34(43)31(26-14-11-15-28(22-26)50(45,48-6-2)49-7-3)38-33(42)29-23-30(41-17-16-27(24-41)46-4)37-32(36-29)25-12-9-8-10-13-25/h8-15,22-23,27,31H,5-7,16-21,24H2,1-4H3,(H,38,42). The van der Waals surface area contributed by atoms with E-state index in [1.165, 1.54) is 0 Å². The zero-order valence-corrected chi connectivity index (χ0v) is 29.8. The largest absolute Gasteiger partial charge is 0.450 e. The second-order valence-corrected chi connectivity index (χ2v) is 13.8. The first kappa shape index (κ1) is 36.9. The molecule has 1 N–H and O–H groups in total. The summed E-state index contributed by atoms with van der Waals surface area (Å²) in [5, 5.41) is 3.18. The number of hydrogen-bond acceptors (Lipinski definition) is 11. The predicted octanol–water partition coefficient (Wildman–Crippen LogP) is 4.03. The van der Waals surface area contributed by atoms with Crippen LogP contribution in [-0.2, 0) is 27.9 Å². The molecular weight excluding hydrogens is 663 g/mol. The SMILES string of the molecule is CCOC(=O)N1CCN(C(=O)C(NC(=O)c2cc(N3CCC(OC)C3)nc(-c3ccccc3)n2)c2cccc(P(=O)(OCC)OCC)c2)CC1. The Bertz CT molecular complexity index is 1680. The van der Waals surface area contributed by atoms with E-state index in [1.54, 1.807) is 68.0 Å². The third-order valence-corrected chi connectivity index (χ3v) is 10.6. The number of anilines is 1. The van der Waals surface area contributed by atoms with Crippen LogP contribution >= 0.6 is 7.60 Å². The second-order valence-electron chi connectivity index (χ2n) is 11.7. The molecule has 0 radical (unpaired) electrons. The molecule has 268 valence electrons. The van der Waals surface area contributed by atoms with E-state index in [-0.39, 0.29) is 63.1 Å². The Morgan fingerprint density at radius 2 is 1.58 bits per heavy atom. The quantitative estimate of drug-likeness (QED) is 0.256. The molecule has 0 spiro atoms. The topological polar surface area (TPSA) is 153 Å². The van der Waals surface area contributed by atoms with Crippen LogP contribution in [0.3, 0.4) is 0 Å². The van der Waals surface area contributed by atoms with Gasteiger partial charge in [-0.1, -0.05) is 42.5 Å². The first-order valence-corrected chi connectivity index (χ1v) is 18.5. The van der Waals surface area contributed by atoms with Crippen LogP contribution in [0.25, 0.3) is 11.4 Å². The molecule has 3 heterocycles. The van der Waals surface area contributed by atoms with Gasteiger partial charge in [-0.05, 0) is 44.9 Å². The Hall–Kier alpha value is -4.36. The molecule has 0 aliphatic carbocycles. The molecule has 2 aliphatic heterocycles. The minimum absolute atomic E-state index is 0.0327. The summed E-state index contributed by atoms with van der Waals surface area (Å²) in [6.07, 6.45) is 0.403. The van der Waals surface area contributed by atoms with Gasteiger partial charge in [-0.15, -0.1) is 0 Å². The molecule has 15 heteroatoms. The molecule has 14 nitrogen and oxygen atoms in total. The van der Waals surface area contributed by atoms with Crippen LogP contribution in [0, 0.1) is 0 Å². The highest BCUT2D eigenvalue weighted by atomic mass is 31.2. The summed E-state index contributed by atoms with van der Waals surface area (Å²) in [7, 11) is -2.04. The van der Waals surface area contributed by atoms with Crippen LogP contribution in [0.2, 0.25) is 0 Å². The summed E-state index contributed by atoms with van der Waals surface area (Å²) < 4.78 is 35.6. The summed E-state index contributed by atoms with van der Waals surface area (Å²) >= 11 is 0. The number of methoxy groups -OCH3 is 1. The van der Waals surface area contributed by atoms with Crippen molar-refractivity contribution in [2.45, 2.75) is 39.3 Å². The van der Waals surface area contributed by atoms with Gasteiger partial charge in [0, 0.05) is 58.0 Å². The molecule has 5 rings (SSSR count). The lowest BCUT2D eigenvalue weighted by Crippen LogP contribution is -2.53. The number of hydrogen-bond donors (Lipinski definition) is 1. The van der Waals surface area contributed by atoms with Crippen LogP contribution in [0.4, 0.5) is 10.6 Å². The molecule has 2 aliphatic rings. The monoisotopic (exact) mass is 708 g/mol. The number of carbonyl (C=O) groups excluding carboxylic acids is 3. The number of amides is 3. The molecule has 1 aromatic heterocycles. The highest BCUT2D eigenvalue weighted by molar-refractivity contribution is 7.62. The van der Waals surface area contributed by atoms with E-state index >= 15 is 0 Å². The van der Waals surface area contributed by atoms with Crippen molar-refractivity contribution in [2.75, 3.05) is 71.1 Å². The molecule has 2 fully saturated rings. The number of aromatic nitrogens is 2. The molecule has 3 amide bonds. The number of carbonyl (C=O) groups is 3. The molecule has 2 unspecified atom stereocenters. The van der Waals surface area contributed by atoms with Crippen LogP contribution < -0.4 is 15.5 Å². The number of piperazine rings is 1. The Kier molecular flexibility index (Phi) is 12.6. The second kappa shape index (κ2) is 17.0. The maximum atomic E-state index is 14.3. The summed E-state index contributed by atoms with van der Waals surface area (Å²) in [5.74, 6) is -0.0666. The van der Waals surface area contributed by atoms with Crippen LogP contribution in [0.15, 0.2) is 60.7 Å². The van der Waals surface area contributed by atoms with E-state index in [0.717, 1.165) is 12.0 Å². The Morgan fingerprint density at radius 3 is 2.22 bits per heavy atom. The zero-order chi connectivity index (χ0) is 35.7. The number of benzene rings is 2. The molecular formula is C35H45N6O8P. The number of nitrogens with zero attached hydrogens (tertiary/aromatic N) is 5. The first-order valence-electron chi connectivity index (χ1n) is 16.9. The summed E-state index contributed by atoms with van der Waals surface area (Å²) in [6, 6.07) is 16.3. The highest BCUT2D eigenvalue weighted by Gasteiger charge is 2.34. The van der Waals surface area contributed by atoms with Crippen molar-refractivity contribution >= 4 is 36.6 Å². The average molecular weight is 709 g/mol. The normalized spacial score (nSPS) is 17.0. The minimum Gasteiger partial charge on any atom is -0.450 e. The zero-order valence-electron chi connectivity index (χ0n) is 28.9. The fourth-order valence-corrected chi connectivity index (χ4v) is 7.59. The minimum atomic E-state index is -3.72. The van der Waals surface area contributed by atoms with Gasteiger partial charge in [-0.25, -0.2) is 14.8 Å². The molecule has 0 bridgehead atoms. The van der Waals surface area contributed by atoms with E-state index in [9.17, 15) is 18.9 Å². The van der Waals surface area contributed by atoms with Gasteiger partial charge >= 0.3 is 13.7 Å². The van der Waals surface area contributed by atoms with Gasteiger partial charge in [0.25, 0.3) is 5.91 Å². The maximum Gasteiger partial charge on any atom is 0.409 e. The Balaban J connectivity index is 1.50. The summed E-state index contributed by atoms with van der Waals surface area (Å²) in [5.41, 5.74) is 1.19. The third-order valence-electron chi connectivity index (χ3n) is 8.54. The van der Waals surface area contributed by atoms with Crippen LogP contribution in [-0.4, -0.2) is 110 Å². The lowest BCUT2D eigenvalue weighted by molar-refractivity contribution is -0.135. The van der Waals surface area contributed by atoms with Crippen molar-refractivity contribution in [3.63, 3.8) is 0 Å². The lowest BCUT2D eigenvalue weighted by atomic mass is 10.0. The van der Waals surface area contributed by atoms with Crippen molar-refractivity contribution in [1.82, 2.24) is 25.1 Å². The smallest absolute Gasteiger partial charge is 0.409 e. The molecule has 2 aromatic carbocycles.